The number of rotatable bonds is 8. The summed E-state index contributed by atoms with van der Waals surface area (Å²) < 4.78 is 0. The number of benzene rings is 10. The molecule has 0 amide bonds. The Kier molecular flexibility index (Phi) is 9.68. The van der Waals surface area contributed by atoms with Crippen molar-refractivity contribution in [2.45, 2.75) is 55.4 Å². The molecule has 0 bridgehead atoms. The van der Waals surface area contributed by atoms with Crippen molar-refractivity contribution in [3.8, 4) is 22.3 Å². The lowest BCUT2D eigenvalue weighted by atomic mass is 9.91. The van der Waals surface area contributed by atoms with E-state index in [1.807, 2.05) is 0 Å². The van der Waals surface area contributed by atoms with Gasteiger partial charge in [-0.3, -0.25) is 0 Å². The third-order valence-electron chi connectivity index (χ3n) is 13.1. The SMILES string of the molecule is Cc1ccc(C)c(N(c2cc(-c3ccccc3C)ccc2C)c2ccc3ccc4c(N(c5cc(C)ccc5C)c5cc(-c6ccccc6C)ccc5C)ccc5ccc2c3c54)c1. The number of anilines is 6. The van der Waals surface area contributed by atoms with Crippen LogP contribution >= 0.6 is 0 Å². The summed E-state index contributed by atoms with van der Waals surface area (Å²) in [6.45, 7) is 17.8. The molecule has 0 radical (unpaired) electrons. The molecule has 0 atom stereocenters. The van der Waals surface area contributed by atoms with Gasteiger partial charge in [0, 0.05) is 33.5 Å². The van der Waals surface area contributed by atoms with E-state index in [0.717, 1.165) is 0 Å². The first kappa shape index (κ1) is 39.0. The Bertz CT molecular complexity index is 3130. The molecular weight excluding hydrogens is 749 g/mol. The maximum atomic E-state index is 2.52. The molecule has 0 aliphatic carbocycles. The van der Waals surface area contributed by atoms with Crippen molar-refractivity contribution in [1.29, 1.82) is 0 Å². The van der Waals surface area contributed by atoms with Crippen LogP contribution < -0.4 is 9.80 Å². The van der Waals surface area contributed by atoms with E-state index in [-0.39, 0.29) is 0 Å². The van der Waals surface area contributed by atoms with Crippen molar-refractivity contribution in [2.75, 3.05) is 9.80 Å². The van der Waals surface area contributed by atoms with Crippen LogP contribution in [0.5, 0.6) is 0 Å². The molecule has 0 heterocycles. The van der Waals surface area contributed by atoms with Gasteiger partial charge in [0.15, 0.2) is 0 Å². The van der Waals surface area contributed by atoms with E-state index < -0.39 is 0 Å². The minimum absolute atomic E-state index is 1.17. The fourth-order valence-corrected chi connectivity index (χ4v) is 9.69. The van der Waals surface area contributed by atoms with Crippen LogP contribution in [0.15, 0.2) is 170 Å². The van der Waals surface area contributed by atoms with Gasteiger partial charge in [-0.25, -0.2) is 0 Å². The summed E-state index contributed by atoms with van der Waals surface area (Å²) in [5.74, 6) is 0. The van der Waals surface area contributed by atoms with E-state index in [1.54, 1.807) is 0 Å². The van der Waals surface area contributed by atoms with E-state index in [4.69, 9.17) is 0 Å². The van der Waals surface area contributed by atoms with Crippen LogP contribution in [0.4, 0.5) is 34.1 Å². The van der Waals surface area contributed by atoms with Crippen LogP contribution in [0.3, 0.4) is 0 Å². The fourth-order valence-electron chi connectivity index (χ4n) is 9.69. The topological polar surface area (TPSA) is 6.48 Å². The number of nitrogens with zero attached hydrogens (tertiary/aromatic N) is 2. The van der Waals surface area contributed by atoms with Crippen molar-refractivity contribution < 1.29 is 0 Å². The Labute approximate surface area is 366 Å². The molecule has 0 aliphatic heterocycles. The van der Waals surface area contributed by atoms with Crippen LogP contribution in [0, 0.1) is 55.4 Å². The van der Waals surface area contributed by atoms with Gasteiger partial charge in [-0.1, -0.05) is 133 Å². The van der Waals surface area contributed by atoms with Crippen molar-refractivity contribution >= 4 is 66.4 Å². The Balaban J connectivity index is 1.25. The normalized spacial score (nSPS) is 11.5. The van der Waals surface area contributed by atoms with Crippen LogP contribution in [-0.4, -0.2) is 0 Å². The highest BCUT2D eigenvalue weighted by molar-refractivity contribution is 6.28. The van der Waals surface area contributed by atoms with Gasteiger partial charge in [-0.2, -0.15) is 0 Å². The molecule has 10 aromatic carbocycles. The van der Waals surface area contributed by atoms with Crippen LogP contribution in [0.2, 0.25) is 0 Å². The summed E-state index contributed by atoms with van der Waals surface area (Å²) >= 11 is 0. The first-order chi connectivity index (χ1) is 30.0. The molecule has 2 heteroatoms. The van der Waals surface area contributed by atoms with E-state index >= 15 is 0 Å². The summed E-state index contributed by atoms with van der Waals surface area (Å²) in [5.41, 5.74) is 22.0. The summed E-state index contributed by atoms with van der Waals surface area (Å²) in [6, 6.07) is 63.7. The zero-order chi connectivity index (χ0) is 42.8. The highest BCUT2D eigenvalue weighted by atomic mass is 15.2. The maximum absolute atomic E-state index is 2.52. The van der Waals surface area contributed by atoms with Crippen molar-refractivity contribution in [2.24, 2.45) is 0 Å². The van der Waals surface area contributed by atoms with Crippen LogP contribution in [0.1, 0.15) is 44.5 Å². The molecule has 0 saturated heterocycles. The third-order valence-corrected chi connectivity index (χ3v) is 13.1. The van der Waals surface area contributed by atoms with Crippen molar-refractivity contribution in [3.05, 3.63) is 214 Å². The molecule has 302 valence electrons. The largest absolute Gasteiger partial charge is 0.309 e. The average Bonchev–Trinajstić information content (AvgIpc) is 3.27. The Morgan fingerprint density at radius 1 is 0.274 bits per heavy atom. The quantitative estimate of drug-likeness (QED) is 0.141. The summed E-state index contributed by atoms with van der Waals surface area (Å²) in [4.78, 5) is 5.05. The standard InChI is InChI=1S/C60H52N2/c1-37-17-19-41(5)55(33-37)61(57-35-47(23-21-43(57)7)49-15-11-9-13-39(49)3)53-31-27-45-26-30-52-54(32-28-46-25-29-51(53)59(45)60(46)52)62(56-34-38(2)18-20-42(56)6)58-36-48(24-22-44(58)8)50-16-12-10-14-40(50)4/h9-36H,1-8H3. The zero-order valence-corrected chi connectivity index (χ0v) is 37.1. The van der Waals surface area contributed by atoms with Crippen LogP contribution in [0.25, 0.3) is 54.6 Å². The molecule has 10 aromatic rings. The highest BCUT2D eigenvalue weighted by Crippen LogP contribution is 2.50. The predicted molar refractivity (Wildman–Crippen MR) is 268 cm³/mol. The highest BCUT2D eigenvalue weighted by Gasteiger charge is 2.25. The lowest BCUT2D eigenvalue weighted by Crippen LogP contribution is -2.14. The molecule has 62 heavy (non-hydrogen) atoms. The van der Waals surface area contributed by atoms with E-state index in [0.29, 0.717) is 0 Å². The van der Waals surface area contributed by atoms with Gasteiger partial charge < -0.3 is 9.80 Å². The Morgan fingerprint density at radius 2 is 0.629 bits per heavy atom. The second kappa shape index (κ2) is 15.4. The number of hydrogen-bond donors (Lipinski definition) is 0. The zero-order valence-electron chi connectivity index (χ0n) is 37.1. The molecule has 0 spiro atoms. The van der Waals surface area contributed by atoms with Gasteiger partial charge in [0.1, 0.15) is 0 Å². The summed E-state index contributed by atoms with van der Waals surface area (Å²) in [5, 5.41) is 7.51. The van der Waals surface area contributed by atoms with Gasteiger partial charge in [0.25, 0.3) is 0 Å². The minimum atomic E-state index is 1.17. The average molecular weight is 801 g/mol. The minimum Gasteiger partial charge on any atom is -0.309 e. The fraction of sp³-hybridized carbons (Fsp3) is 0.133. The summed E-state index contributed by atoms with van der Waals surface area (Å²) in [6.07, 6.45) is 0. The molecule has 0 aromatic heterocycles. The van der Waals surface area contributed by atoms with Crippen molar-refractivity contribution in [3.63, 3.8) is 0 Å². The maximum Gasteiger partial charge on any atom is 0.0540 e. The van der Waals surface area contributed by atoms with Gasteiger partial charge >= 0.3 is 0 Å². The Hall–Kier alpha value is -7.16. The lowest BCUT2D eigenvalue weighted by molar-refractivity contribution is 1.22. The van der Waals surface area contributed by atoms with E-state index in [9.17, 15) is 0 Å². The predicted octanol–water partition coefficient (Wildman–Crippen LogP) is 17.3. The Morgan fingerprint density at radius 3 is 1.03 bits per heavy atom. The molecule has 10 rings (SSSR count). The van der Waals surface area contributed by atoms with Crippen molar-refractivity contribution in [1.82, 2.24) is 0 Å². The van der Waals surface area contributed by atoms with Gasteiger partial charge in [-0.05, 0) is 180 Å². The molecule has 0 N–H and O–H groups in total. The van der Waals surface area contributed by atoms with E-state index in [1.165, 1.54) is 133 Å². The second-order valence-corrected chi connectivity index (χ2v) is 17.5. The van der Waals surface area contributed by atoms with Crippen LogP contribution in [-0.2, 0) is 0 Å². The smallest absolute Gasteiger partial charge is 0.0540 e. The molecule has 2 nitrogen and oxygen atoms in total. The monoisotopic (exact) mass is 800 g/mol. The van der Waals surface area contributed by atoms with Gasteiger partial charge in [0.2, 0.25) is 0 Å². The summed E-state index contributed by atoms with van der Waals surface area (Å²) in [7, 11) is 0. The molecule has 0 aliphatic rings. The molecule has 0 fully saturated rings. The second-order valence-electron chi connectivity index (χ2n) is 17.5. The molecule has 0 unspecified atom stereocenters. The number of hydrogen-bond acceptors (Lipinski definition) is 2. The number of aryl methyl sites for hydroxylation is 8. The first-order valence-corrected chi connectivity index (χ1v) is 21.8. The molecular formula is C60H52N2. The third kappa shape index (κ3) is 6.59. The lowest BCUT2D eigenvalue weighted by Gasteiger charge is -2.32. The molecule has 0 saturated carbocycles. The van der Waals surface area contributed by atoms with Gasteiger partial charge in [-0.15, -0.1) is 0 Å². The van der Waals surface area contributed by atoms with Gasteiger partial charge in [0.05, 0.1) is 11.4 Å². The first-order valence-electron chi connectivity index (χ1n) is 21.8. The van der Waals surface area contributed by atoms with E-state index in [2.05, 4.69) is 235 Å².